The van der Waals surface area contributed by atoms with Crippen LogP contribution in [-0.4, -0.2) is 67.9 Å². The number of aliphatic hydroxyl groups is 2. The van der Waals surface area contributed by atoms with Crippen LogP contribution < -0.4 is 14.2 Å². The average Bonchev–Trinajstić information content (AvgIpc) is 3.22. The highest BCUT2D eigenvalue weighted by Gasteiger charge is 2.58. The van der Waals surface area contributed by atoms with Crippen LogP contribution in [0, 0.1) is 18.3 Å². The monoisotopic (exact) mass is 512 g/mol. The van der Waals surface area contributed by atoms with Crippen LogP contribution in [0.2, 0.25) is 0 Å². The summed E-state index contributed by atoms with van der Waals surface area (Å²) >= 11 is 0. The Labute approximate surface area is 215 Å². The molecule has 1 aliphatic heterocycles. The van der Waals surface area contributed by atoms with Crippen molar-refractivity contribution < 1.29 is 43.8 Å². The first-order valence-electron chi connectivity index (χ1n) is 11.9. The number of carbonyl (C=O) groups excluding carboxylic acids is 1. The number of aromatic hydroxyl groups is 1. The van der Waals surface area contributed by atoms with Gasteiger partial charge < -0.3 is 39.0 Å². The van der Waals surface area contributed by atoms with E-state index in [9.17, 15) is 20.1 Å². The number of benzene rings is 2. The highest BCUT2D eigenvalue weighted by molar-refractivity contribution is 6.03. The topological polar surface area (TPSA) is 124 Å². The molecular formula is C28H32O9. The van der Waals surface area contributed by atoms with Gasteiger partial charge in [0, 0.05) is 17.9 Å². The molecule has 0 amide bonds. The van der Waals surface area contributed by atoms with Crippen LogP contribution in [0.15, 0.2) is 60.4 Å². The third-order valence-electron chi connectivity index (χ3n) is 7.01. The van der Waals surface area contributed by atoms with E-state index in [-0.39, 0.29) is 29.6 Å². The lowest BCUT2D eigenvalue weighted by molar-refractivity contribution is -0.114. The third-order valence-corrected chi connectivity index (χ3v) is 7.01. The van der Waals surface area contributed by atoms with Gasteiger partial charge >= 0.3 is 0 Å². The smallest absolute Gasteiger partial charge is 0.219 e. The van der Waals surface area contributed by atoms with E-state index in [1.807, 2.05) is 19.1 Å². The van der Waals surface area contributed by atoms with E-state index in [4.69, 9.17) is 23.7 Å². The second kappa shape index (κ2) is 10.8. The van der Waals surface area contributed by atoms with Gasteiger partial charge in [0.25, 0.3) is 0 Å². The van der Waals surface area contributed by atoms with E-state index in [1.54, 1.807) is 30.4 Å². The van der Waals surface area contributed by atoms with E-state index in [2.05, 4.69) is 0 Å². The van der Waals surface area contributed by atoms with E-state index in [0.29, 0.717) is 17.1 Å². The molecule has 5 atom stereocenters. The molecule has 0 bridgehead atoms. The van der Waals surface area contributed by atoms with Gasteiger partial charge in [-0.3, -0.25) is 4.79 Å². The van der Waals surface area contributed by atoms with Crippen molar-refractivity contribution in [2.75, 3.05) is 34.5 Å². The molecule has 1 aliphatic carbocycles. The van der Waals surface area contributed by atoms with E-state index >= 15 is 0 Å². The summed E-state index contributed by atoms with van der Waals surface area (Å²) in [4.78, 5) is 12.5. The van der Waals surface area contributed by atoms with Gasteiger partial charge in [0.2, 0.25) is 5.78 Å². The molecule has 5 unspecified atom stereocenters. The van der Waals surface area contributed by atoms with Crippen molar-refractivity contribution in [1.29, 1.82) is 0 Å². The molecular weight excluding hydrogens is 480 g/mol. The first-order chi connectivity index (χ1) is 17.8. The first-order valence-corrected chi connectivity index (χ1v) is 11.9. The molecule has 9 nitrogen and oxygen atoms in total. The zero-order chi connectivity index (χ0) is 26.7. The molecule has 37 heavy (non-hydrogen) atoms. The number of hydrogen-bond acceptors (Lipinski definition) is 9. The largest absolute Gasteiger partial charge is 0.504 e. The first kappa shape index (κ1) is 26.5. The van der Waals surface area contributed by atoms with Crippen molar-refractivity contribution in [2.45, 2.75) is 25.2 Å². The lowest BCUT2D eigenvalue weighted by atomic mass is 9.67. The molecule has 198 valence electrons. The molecule has 3 N–H and O–H groups in total. The number of methoxy groups -OCH3 is 3. The molecule has 0 saturated carbocycles. The second-order valence-electron chi connectivity index (χ2n) is 9.10. The number of aryl methyl sites for hydroxylation is 1. The van der Waals surface area contributed by atoms with Crippen LogP contribution in [0.25, 0.3) is 0 Å². The van der Waals surface area contributed by atoms with Gasteiger partial charge in [0.1, 0.15) is 12.2 Å². The molecule has 1 fully saturated rings. The van der Waals surface area contributed by atoms with Gasteiger partial charge in [-0.25, -0.2) is 0 Å². The molecule has 0 radical (unpaired) electrons. The Morgan fingerprint density at radius 3 is 2.41 bits per heavy atom. The maximum atomic E-state index is 12.5. The zero-order valence-electron chi connectivity index (χ0n) is 21.2. The molecule has 2 aromatic rings. The van der Waals surface area contributed by atoms with Crippen LogP contribution in [0.5, 0.6) is 23.0 Å². The fourth-order valence-electron chi connectivity index (χ4n) is 5.13. The molecule has 4 rings (SSSR count). The predicted molar refractivity (Wildman–Crippen MR) is 134 cm³/mol. The second-order valence-corrected chi connectivity index (χ2v) is 9.10. The van der Waals surface area contributed by atoms with Gasteiger partial charge in [-0.1, -0.05) is 18.2 Å². The van der Waals surface area contributed by atoms with Crippen LogP contribution >= 0.6 is 0 Å². The fourth-order valence-corrected chi connectivity index (χ4v) is 5.13. The Balaban J connectivity index is 1.82. The van der Waals surface area contributed by atoms with Gasteiger partial charge in [-0.15, -0.1) is 0 Å². The number of phenolic OH excluding ortho intramolecular Hbond substituents is 1. The van der Waals surface area contributed by atoms with Gasteiger partial charge in [-0.2, -0.15) is 0 Å². The summed E-state index contributed by atoms with van der Waals surface area (Å²) in [5, 5.41) is 31.2. The zero-order valence-corrected chi connectivity index (χ0v) is 21.2. The lowest BCUT2D eigenvalue weighted by Crippen LogP contribution is -2.47. The molecule has 2 aromatic carbocycles. The highest BCUT2D eigenvalue weighted by atomic mass is 16.6. The summed E-state index contributed by atoms with van der Waals surface area (Å²) in [6.07, 6.45) is 2.24. The number of phenols is 1. The summed E-state index contributed by atoms with van der Waals surface area (Å²) < 4.78 is 28.9. The quantitative estimate of drug-likeness (QED) is 0.465. The van der Waals surface area contributed by atoms with E-state index in [1.165, 1.54) is 33.5 Å². The van der Waals surface area contributed by atoms with Gasteiger partial charge in [0.05, 0.1) is 34.0 Å². The number of rotatable bonds is 9. The number of ether oxygens (including phenoxy) is 5. The predicted octanol–water partition coefficient (Wildman–Crippen LogP) is 2.86. The minimum atomic E-state index is -1.07. The van der Waals surface area contributed by atoms with Crippen LogP contribution in [0.4, 0.5) is 0 Å². The molecule has 1 heterocycles. The van der Waals surface area contributed by atoms with E-state index in [0.717, 1.165) is 5.56 Å². The van der Waals surface area contributed by atoms with Crippen molar-refractivity contribution in [2.24, 2.45) is 11.3 Å². The van der Waals surface area contributed by atoms with Crippen molar-refractivity contribution in [1.82, 2.24) is 0 Å². The van der Waals surface area contributed by atoms with Crippen LogP contribution in [0.3, 0.4) is 0 Å². The summed E-state index contributed by atoms with van der Waals surface area (Å²) in [5.41, 5.74) is 0.536. The molecule has 2 aliphatic rings. The maximum Gasteiger partial charge on any atom is 0.219 e. The SMILES string of the molecule is COC1=CC2(C=CC1=O)C(CO)C(c1ccc(O)c(OC)c1)OC2C(CO)Oc1ccc(C)cc1OC. The van der Waals surface area contributed by atoms with Crippen molar-refractivity contribution in [3.8, 4) is 23.0 Å². The minimum Gasteiger partial charge on any atom is -0.504 e. The Morgan fingerprint density at radius 1 is 1.00 bits per heavy atom. The standard InChI is InChI=1S/C28H32O9/c1-16-5-8-21(23(11-16)34-3)36-25(15-30)27-28(10-9-20(32)24(13-28)35-4)18(14-29)26(37-27)17-6-7-19(31)22(12-17)33-2/h5-13,18,25-27,29-31H,14-15H2,1-4H3. The summed E-state index contributed by atoms with van der Waals surface area (Å²) in [5.74, 6) is 0.294. The molecule has 9 heteroatoms. The Morgan fingerprint density at radius 2 is 1.76 bits per heavy atom. The molecule has 0 aromatic heterocycles. The normalized spacial score (nSPS) is 25.6. The number of hydrogen-bond donors (Lipinski definition) is 3. The Hall–Kier alpha value is -3.53. The summed E-state index contributed by atoms with van der Waals surface area (Å²) in [7, 11) is 4.37. The van der Waals surface area contributed by atoms with Gasteiger partial charge in [0.15, 0.2) is 28.8 Å². The van der Waals surface area contributed by atoms with E-state index < -0.39 is 36.3 Å². The van der Waals surface area contributed by atoms with Crippen molar-refractivity contribution in [3.63, 3.8) is 0 Å². The Kier molecular flexibility index (Phi) is 7.77. The van der Waals surface area contributed by atoms with Crippen LogP contribution in [0.1, 0.15) is 17.2 Å². The average molecular weight is 513 g/mol. The number of carbonyl (C=O) groups is 1. The number of ketones is 1. The summed E-state index contributed by atoms with van der Waals surface area (Å²) in [6, 6.07) is 10.2. The maximum absolute atomic E-state index is 12.5. The van der Waals surface area contributed by atoms with Crippen molar-refractivity contribution in [3.05, 3.63) is 71.5 Å². The van der Waals surface area contributed by atoms with Gasteiger partial charge in [-0.05, 0) is 54.5 Å². The molecule has 1 spiro atoms. The molecule has 1 saturated heterocycles. The highest BCUT2D eigenvalue weighted by Crippen LogP contribution is 2.55. The number of allylic oxidation sites excluding steroid dienone is 1. The fraction of sp³-hybridized carbons (Fsp3) is 0.393. The minimum absolute atomic E-state index is 0.0381. The number of aliphatic hydroxyl groups excluding tert-OH is 2. The van der Waals surface area contributed by atoms with Crippen LogP contribution in [-0.2, 0) is 14.3 Å². The lowest BCUT2D eigenvalue weighted by Gasteiger charge is -2.38. The third kappa shape index (κ3) is 4.77. The Bertz CT molecular complexity index is 1200. The van der Waals surface area contributed by atoms with Crippen molar-refractivity contribution >= 4 is 5.78 Å². The summed E-state index contributed by atoms with van der Waals surface area (Å²) in [6.45, 7) is 1.18.